The van der Waals surface area contributed by atoms with Crippen LogP contribution in [0.15, 0.2) is 30.3 Å². The lowest BCUT2D eigenvalue weighted by Crippen LogP contribution is -2.35. The second-order valence-electron chi connectivity index (χ2n) is 4.90. The molecular weight excluding hydrogens is 230 g/mol. The van der Waals surface area contributed by atoms with Crippen molar-refractivity contribution in [3.63, 3.8) is 0 Å². The van der Waals surface area contributed by atoms with Crippen molar-refractivity contribution in [1.29, 1.82) is 0 Å². The predicted molar refractivity (Wildman–Crippen MR) is 68.0 cm³/mol. The van der Waals surface area contributed by atoms with Gasteiger partial charge in [0.1, 0.15) is 0 Å². The lowest BCUT2D eigenvalue weighted by atomic mass is 10.1. The van der Waals surface area contributed by atoms with Crippen LogP contribution in [-0.4, -0.2) is 31.3 Å². The summed E-state index contributed by atoms with van der Waals surface area (Å²) in [6, 6.07) is 9.40. The van der Waals surface area contributed by atoms with Crippen molar-refractivity contribution in [3.8, 4) is 0 Å². The zero-order valence-corrected chi connectivity index (χ0v) is 10.6. The Morgan fingerprint density at radius 1 is 1.44 bits per heavy atom. The number of ether oxygens (including phenoxy) is 1. The molecule has 1 saturated carbocycles. The van der Waals surface area contributed by atoms with E-state index >= 15 is 0 Å². The Morgan fingerprint density at radius 2 is 2.11 bits per heavy atom. The van der Waals surface area contributed by atoms with Crippen LogP contribution in [0.5, 0.6) is 0 Å². The summed E-state index contributed by atoms with van der Waals surface area (Å²) in [5.41, 5.74) is 0.760. The van der Waals surface area contributed by atoms with Gasteiger partial charge in [0.25, 0.3) is 5.91 Å². The minimum atomic E-state index is -0.583. The lowest BCUT2D eigenvalue weighted by molar-refractivity contribution is -0.131. The van der Waals surface area contributed by atoms with Gasteiger partial charge in [0.15, 0.2) is 6.10 Å². The van der Waals surface area contributed by atoms with Crippen molar-refractivity contribution in [2.24, 2.45) is 5.41 Å². The standard InChI is InChI=1S/C14H19NO3/c1-18-12(11-5-3-2-4-6-11)13(17)15-9-14(10-16)7-8-14/h2-6,12,16H,7-10H2,1H3,(H,15,17). The summed E-state index contributed by atoms with van der Waals surface area (Å²) < 4.78 is 5.24. The first kappa shape index (κ1) is 13.1. The highest BCUT2D eigenvalue weighted by atomic mass is 16.5. The minimum absolute atomic E-state index is 0.0787. The molecule has 4 nitrogen and oxygen atoms in total. The minimum Gasteiger partial charge on any atom is -0.396 e. The quantitative estimate of drug-likeness (QED) is 0.798. The maximum atomic E-state index is 12.0. The fraction of sp³-hybridized carbons (Fsp3) is 0.500. The fourth-order valence-electron chi connectivity index (χ4n) is 1.96. The number of aliphatic hydroxyl groups excluding tert-OH is 1. The number of carbonyl (C=O) groups excluding carboxylic acids is 1. The smallest absolute Gasteiger partial charge is 0.253 e. The highest BCUT2D eigenvalue weighted by Gasteiger charge is 2.42. The van der Waals surface area contributed by atoms with Crippen molar-refractivity contribution in [1.82, 2.24) is 5.32 Å². The van der Waals surface area contributed by atoms with Gasteiger partial charge >= 0.3 is 0 Å². The van der Waals surface area contributed by atoms with E-state index in [2.05, 4.69) is 5.32 Å². The van der Waals surface area contributed by atoms with Gasteiger partial charge in [-0.15, -0.1) is 0 Å². The number of carbonyl (C=O) groups is 1. The molecule has 1 fully saturated rings. The van der Waals surface area contributed by atoms with Gasteiger partial charge in [0.2, 0.25) is 0 Å². The molecule has 18 heavy (non-hydrogen) atoms. The van der Waals surface area contributed by atoms with Crippen molar-refractivity contribution in [2.75, 3.05) is 20.3 Å². The lowest BCUT2D eigenvalue weighted by Gasteiger charge is -2.18. The summed E-state index contributed by atoms with van der Waals surface area (Å²) in [6.07, 6.45) is 1.38. The van der Waals surface area contributed by atoms with E-state index in [4.69, 9.17) is 4.74 Å². The topological polar surface area (TPSA) is 58.6 Å². The summed E-state index contributed by atoms with van der Waals surface area (Å²) in [4.78, 5) is 12.0. The van der Waals surface area contributed by atoms with Gasteiger partial charge in [-0.3, -0.25) is 4.79 Å². The number of hydrogen-bond donors (Lipinski definition) is 2. The molecule has 4 heteroatoms. The molecule has 1 aromatic carbocycles. The molecule has 0 spiro atoms. The second-order valence-corrected chi connectivity index (χ2v) is 4.90. The Kier molecular flexibility index (Phi) is 3.99. The van der Waals surface area contributed by atoms with Crippen LogP contribution in [0.2, 0.25) is 0 Å². The molecule has 1 atom stereocenters. The normalized spacial score (nSPS) is 18.1. The Morgan fingerprint density at radius 3 is 2.61 bits per heavy atom. The Balaban J connectivity index is 1.94. The monoisotopic (exact) mass is 249 g/mol. The first-order valence-corrected chi connectivity index (χ1v) is 6.17. The SMILES string of the molecule is COC(C(=O)NCC1(CO)CC1)c1ccccc1. The van der Waals surface area contributed by atoms with Gasteiger partial charge < -0.3 is 15.2 Å². The molecule has 2 rings (SSSR count). The zero-order valence-electron chi connectivity index (χ0n) is 10.6. The maximum absolute atomic E-state index is 12.0. The number of hydrogen-bond acceptors (Lipinski definition) is 3. The fourth-order valence-corrected chi connectivity index (χ4v) is 1.96. The van der Waals surface area contributed by atoms with Crippen LogP contribution in [-0.2, 0) is 9.53 Å². The van der Waals surface area contributed by atoms with Gasteiger partial charge in [-0.25, -0.2) is 0 Å². The second kappa shape index (κ2) is 5.50. The Labute approximate surface area is 107 Å². The number of benzene rings is 1. The molecule has 1 amide bonds. The molecule has 1 aliphatic rings. The summed E-state index contributed by atoms with van der Waals surface area (Å²) in [7, 11) is 1.52. The van der Waals surface area contributed by atoms with Crippen LogP contribution in [0.1, 0.15) is 24.5 Å². The maximum Gasteiger partial charge on any atom is 0.253 e. The number of rotatable bonds is 6. The highest BCUT2D eigenvalue weighted by molar-refractivity contribution is 5.82. The molecule has 1 aliphatic carbocycles. The number of nitrogens with one attached hydrogen (secondary N) is 1. The van der Waals surface area contributed by atoms with Gasteiger partial charge in [0.05, 0.1) is 6.61 Å². The van der Waals surface area contributed by atoms with E-state index in [1.54, 1.807) is 0 Å². The predicted octanol–water partition coefficient (Wildman–Crippen LogP) is 1.26. The molecule has 0 radical (unpaired) electrons. The zero-order chi connectivity index (χ0) is 13.0. The van der Waals surface area contributed by atoms with E-state index in [0.717, 1.165) is 18.4 Å². The van der Waals surface area contributed by atoms with Crippen LogP contribution in [0, 0.1) is 5.41 Å². The average Bonchev–Trinajstić information content (AvgIpc) is 3.19. The van der Waals surface area contributed by atoms with E-state index < -0.39 is 6.10 Å². The highest BCUT2D eigenvalue weighted by Crippen LogP contribution is 2.44. The van der Waals surface area contributed by atoms with E-state index in [9.17, 15) is 9.90 Å². The Bertz CT molecular complexity index is 401. The molecule has 1 aromatic rings. The third kappa shape index (κ3) is 2.89. The van der Waals surface area contributed by atoms with Crippen LogP contribution in [0.25, 0.3) is 0 Å². The summed E-state index contributed by atoms with van der Waals surface area (Å²) in [5.74, 6) is -0.150. The van der Waals surface area contributed by atoms with E-state index in [1.807, 2.05) is 30.3 Å². The van der Waals surface area contributed by atoms with Crippen molar-refractivity contribution in [2.45, 2.75) is 18.9 Å². The molecule has 0 saturated heterocycles. The molecular formula is C14H19NO3. The summed E-state index contributed by atoms with van der Waals surface area (Å²) >= 11 is 0. The third-order valence-corrected chi connectivity index (χ3v) is 3.51. The summed E-state index contributed by atoms with van der Waals surface area (Å²) in [5, 5.41) is 12.1. The van der Waals surface area contributed by atoms with Crippen LogP contribution in [0.3, 0.4) is 0 Å². The third-order valence-electron chi connectivity index (χ3n) is 3.51. The van der Waals surface area contributed by atoms with E-state index in [-0.39, 0.29) is 17.9 Å². The first-order chi connectivity index (χ1) is 8.71. The number of amides is 1. The van der Waals surface area contributed by atoms with E-state index in [0.29, 0.717) is 6.54 Å². The number of methoxy groups -OCH3 is 1. The molecule has 2 N–H and O–H groups in total. The molecule has 0 heterocycles. The van der Waals surface area contributed by atoms with Crippen molar-refractivity contribution < 1.29 is 14.6 Å². The summed E-state index contributed by atoms with van der Waals surface area (Å²) in [6.45, 7) is 0.658. The van der Waals surface area contributed by atoms with Crippen molar-refractivity contribution >= 4 is 5.91 Å². The first-order valence-electron chi connectivity index (χ1n) is 6.17. The molecule has 1 unspecified atom stereocenters. The average molecular weight is 249 g/mol. The largest absolute Gasteiger partial charge is 0.396 e. The molecule has 0 aliphatic heterocycles. The van der Waals surface area contributed by atoms with Gasteiger partial charge in [-0.05, 0) is 18.4 Å². The van der Waals surface area contributed by atoms with Crippen LogP contribution >= 0.6 is 0 Å². The number of aliphatic hydroxyl groups is 1. The molecule has 0 bridgehead atoms. The van der Waals surface area contributed by atoms with E-state index in [1.165, 1.54) is 7.11 Å². The van der Waals surface area contributed by atoms with Gasteiger partial charge in [-0.2, -0.15) is 0 Å². The van der Waals surface area contributed by atoms with Gasteiger partial charge in [-0.1, -0.05) is 30.3 Å². The van der Waals surface area contributed by atoms with Crippen LogP contribution < -0.4 is 5.32 Å². The molecule has 0 aromatic heterocycles. The van der Waals surface area contributed by atoms with Crippen LogP contribution in [0.4, 0.5) is 0 Å². The van der Waals surface area contributed by atoms with Gasteiger partial charge in [0, 0.05) is 19.1 Å². The van der Waals surface area contributed by atoms with Crippen molar-refractivity contribution in [3.05, 3.63) is 35.9 Å². The molecule has 98 valence electrons. The Hall–Kier alpha value is -1.39.